The molecule has 148 valence electrons. The van der Waals surface area contributed by atoms with E-state index >= 15 is 0 Å². The van der Waals surface area contributed by atoms with Crippen LogP contribution in [0.1, 0.15) is 35.2 Å². The number of carbonyl (C=O) groups excluding carboxylic acids is 2. The van der Waals surface area contributed by atoms with Gasteiger partial charge < -0.3 is 15.5 Å². The Morgan fingerprint density at radius 3 is 2.63 bits per heavy atom. The van der Waals surface area contributed by atoms with Gasteiger partial charge in [0.2, 0.25) is 11.8 Å². The molecule has 3 rings (SSSR count). The van der Waals surface area contributed by atoms with Crippen LogP contribution >= 0.6 is 0 Å². The van der Waals surface area contributed by atoms with Crippen LogP contribution in [0.15, 0.2) is 24.3 Å². The number of benzene rings is 1. The zero-order valence-electron chi connectivity index (χ0n) is 16.6. The molecule has 2 heterocycles. The van der Waals surface area contributed by atoms with Crippen molar-refractivity contribution < 1.29 is 9.59 Å². The van der Waals surface area contributed by atoms with Crippen molar-refractivity contribution >= 4 is 11.8 Å². The van der Waals surface area contributed by atoms with Crippen LogP contribution in [0, 0.1) is 5.92 Å². The molecule has 1 aromatic rings. The molecule has 1 aromatic carbocycles. The van der Waals surface area contributed by atoms with E-state index < -0.39 is 5.91 Å². The molecule has 0 spiro atoms. The maximum atomic E-state index is 12.7. The molecule has 0 saturated carbocycles. The van der Waals surface area contributed by atoms with Gasteiger partial charge in [-0.15, -0.1) is 0 Å². The van der Waals surface area contributed by atoms with Crippen LogP contribution in [0.3, 0.4) is 0 Å². The van der Waals surface area contributed by atoms with Gasteiger partial charge in [-0.25, -0.2) is 0 Å². The number of nitrogens with two attached hydrogens (primary N) is 1. The lowest BCUT2D eigenvalue weighted by molar-refractivity contribution is -0.131. The Kier molecular flexibility index (Phi) is 6.50. The number of amides is 2. The number of piperidine rings is 1. The Labute approximate surface area is 162 Å². The van der Waals surface area contributed by atoms with E-state index in [2.05, 4.69) is 23.9 Å². The lowest BCUT2D eigenvalue weighted by Crippen LogP contribution is -2.46. The molecule has 1 atom stereocenters. The predicted octanol–water partition coefficient (Wildman–Crippen LogP) is 1.20. The number of nitrogens with zero attached hydrogens (tertiary/aromatic N) is 3. The summed E-state index contributed by atoms with van der Waals surface area (Å²) in [6.45, 7) is 4.37. The monoisotopic (exact) mass is 372 g/mol. The van der Waals surface area contributed by atoms with Crippen molar-refractivity contribution in [3.63, 3.8) is 0 Å². The van der Waals surface area contributed by atoms with Gasteiger partial charge in [-0.3, -0.25) is 14.5 Å². The topological polar surface area (TPSA) is 69.9 Å². The summed E-state index contributed by atoms with van der Waals surface area (Å²) >= 11 is 0. The summed E-state index contributed by atoms with van der Waals surface area (Å²) in [7, 11) is 4.24. The summed E-state index contributed by atoms with van der Waals surface area (Å²) in [6.07, 6.45) is 4.18. The van der Waals surface area contributed by atoms with Gasteiger partial charge in [0, 0.05) is 24.7 Å². The Balaban J connectivity index is 1.48. The first-order valence-electron chi connectivity index (χ1n) is 9.97. The minimum absolute atomic E-state index is 0.241. The average Bonchev–Trinajstić information content (AvgIpc) is 3.11. The van der Waals surface area contributed by atoms with E-state index in [1.165, 1.54) is 0 Å². The third-order valence-electron chi connectivity index (χ3n) is 6.07. The summed E-state index contributed by atoms with van der Waals surface area (Å²) in [6, 6.07) is 8.05. The number of likely N-dealkylation sites (N-methyl/N-ethyl adjacent to an activating group) is 1. The van der Waals surface area contributed by atoms with Crippen molar-refractivity contribution in [2.24, 2.45) is 11.7 Å². The van der Waals surface area contributed by atoms with E-state index in [9.17, 15) is 9.59 Å². The van der Waals surface area contributed by atoms with Crippen molar-refractivity contribution in [1.82, 2.24) is 14.7 Å². The van der Waals surface area contributed by atoms with Crippen LogP contribution in [0.2, 0.25) is 0 Å². The first kappa shape index (κ1) is 19.8. The number of primary amides is 1. The number of rotatable bonds is 6. The second-order valence-corrected chi connectivity index (χ2v) is 8.21. The van der Waals surface area contributed by atoms with Gasteiger partial charge in [-0.2, -0.15) is 0 Å². The van der Waals surface area contributed by atoms with Gasteiger partial charge in [-0.1, -0.05) is 12.1 Å². The molecule has 2 aliphatic heterocycles. The Hall–Kier alpha value is -1.92. The molecule has 0 aromatic heterocycles. The number of likely N-dealkylation sites (tertiary alicyclic amines) is 2. The van der Waals surface area contributed by atoms with E-state index in [0.717, 1.165) is 57.4 Å². The molecule has 6 heteroatoms. The largest absolute Gasteiger partial charge is 0.366 e. The zero-order valence-corrected chi connectivity index (χ0v) is 16.6. The Morgan fingerprint density at radius 2 is 1.93 bits per heavy atom. The third-order valence-corrected chi connectivity index (χ3v) is 6.07. The SMILES string of the molecule is CN1CCC(N(C)CC(=O)N2CC[C@@H](Cc3cccc(C(N)=O)c3)C2)CC1. The van der Waals surface area contributed by atoms with Crippen molar-refractivity contribution in [3.05, 3.63) is 35.4 Å². The van der Waals surface area contributed by atoms with Crippen LogP contribution < -0.4 is 5.73 Å². The minimum Gasteiger partial charge on any atom is -0.366 e. The lowest BCUT2D eigenvalue weighted by atomic mass is 9.97. The molecular formula is C21H32N4O2. The van der Waals surface area contributed by atoms with Crippen LogP contribution in [-0.4, -0.2) is 79.4 Å². The highest BCUT2D eigenvalue weighted by Gasteiger charge is 2.29. The highest BCUT2D eigenvalue weighted by Crippen LogP contribution is 2.22. The first-order valence-corrected chi connectivity index (χ1v) is 9.97. The first-order chi connectivity index (χ1) is 12.9. The fourth-order valence-corrected chi connectivity index (χ4v) is 4.29. The van der Waals surface area contributed by atoms with Gasteiger partial charge in [0.15, 0.2) is 0 Å². The summed E-state index contributed by atoms with van der Waals surface area (Å²) in [4.78, 5) is 30.7. The van der Waals surface area contributed by atoms with Gasteiger partial charge in [-0.05, 0) is 76.5 Å². The molecule has 2 amide bonds. The quantitative estimate of drug-likeness (QED) is 0.815. The van der Waals surface area contributed by atoms with E-state index in [0.29, 0.717) is 24.1 Å². The molecule has 2 aliphatic rings. The van der Waals surface area contributed by atoms with Gasteiger partial charge in [0.25, 0.3) is 0 Å². The van der Waals surface area contributed by atoms with Crippen LogP contribution in [0.5, 0.6) is 0 Å². The van der Waals surface area contributed by atoms with Gasteiger partial charge in [0.05, 0.1) is 6.54 Å². The summed E-state index contributed by atoms with van der Waals surface area (Å²) in [5.74, 6) is 0.299. The standard InChI is InChI=1S/C21H32N4O2/c1-23-9-7-19(8-10-23)24(2)15-20(26)25-11-6-17(14-25)12-16-4-3-5-18(13-16)21(22)27/h3-5,13,17,19H,6-12,14-15H2,1-2H3,(H2,22,27)/t17-/m0/s1. The van der Waals surface area contributed by atoms with Crippen molar-refractivity contribution in [2.45, 2.75) is 31.7 Å². The van der Waals surface area contributed by atoms with Crippen molar-refractivity contribution in [3.8, 4) is 0 Å². The number of hydrogen-bond donors (Lipinski definition) is 1. The number of carbonyl (C=O) groups is 2. The Morgan fingerprint density at radius 1 is 1.19 bits per heavy atom. The molecule has 0 radical (unpaired) electrons. The molecule has 6 nitrogen and oxygen atoms in total. The van der Waals surface area contributed by atoms with E-state index in [1.807, 2.05) is 23.1 Å². The predicted molar refractivity (Wildman–Crippen MR) is 106 cm³/mol. The van der Waals surface area contributed by atoms with E-state index in [-0.39, 0.29) is 5.91 Å². The van der Waals surface area contributed by atoms with E-state index in [1.54, 1.807) is 6.07 Å². The highest BCUT2D eigenvalue weighted by atomic mass is 16.2. The van der Waals surface area contributed by atoms with Gasteiger partial charge in [0.1, 0.15) is 0 Å². The maximum absolute atomic E-state index is 12.7. The highest BCUT2D eigenvalue weighted by molar-refractivity contribution is 5.92. The molecule has 0 bridgehead atoms. The fraction of sp³-hybridized carbons (Fsp3) is 0.619. The van der Waals surface area contributed by atoms with E-state index in [4.69, 9.17) is 5.73 Å². The molecule has 0 aliphatic carbocycles. The molecule has 0 unspecified atom stereocenters. The second kappa shape index (κ2) is 8.85. The van der Waals surface area contributed by atoms with Crippen molar-refractivity contribution in [2.75, 3.05) is 46.8 Å². The average molecular weight is 373 g/mol. The summed E-state index contributed by atoms with van der Waals surface area (Å²) in [5.41, 5.74) is 7.04. The fourth-order valence-electron chi connectivity index (χ4n) is 4.29. The molecule has 2 N–H and O–H groups in total. The summed E-state index contributed by atoms with van der Waals surface area (Å²) < 4.78 is 0. The summed E-state index contributed by atoms with van der Waals surface area (Å²) in [5, 5.41) is 0. The van der Waals surface area contributed by atoms with Crippen LogP contribution in [0.25, 0.3) is 0 Å². The normalized spacial score (nSPS) is 21.7. The van der Waals surface area contributed by atoms with Crippen molar-refractivity contribution in [1.29, 1.82) is 0 Å². The molecule has 27 heavy (non-hydrogen) atoms. The minimum atomic E-state index is -0.392. The van der Waals surface area contributed by atoms with Crippen LogP contribution in [-0.2, 0) is 11.2 Å². The molecular weight excluding hydrogens is 340 g/mol. The molecule has 2 fully saturated rings. The zero-order chi connectivity index (χ0) is 19.4. The van der Waals surface area contributed by atoms with Crippen LogP contribution in [0.4, 0.5) is 0 Å². The number of hydrogen-bond acceptors (Lipinski definition) is 4. The third kappa shape index (κ3) is 5.30. The van der Waals surface area contributed by atoms with Gasteiger partial charge >= 0.3 is 0 Å². The lowest BCUT2D eigenvalue weighted by Gasteiger charge is -2.35. The molecule has 2 saturated heterocycles. The maximum Gasteiger partial charge on any atom is 0.248 e. The second-order valence-electron chi connectivity index (χ2n) is 8.21. The smallest absolute Gasteiger partial charge is 0.248 e. The Bertz CT molecular complexity index is 670.